The minimum absolute atomic E-state index is 0.0400. The summed E-state index contributed by atoms with van der Waals surface area (Å²) in [6.45, 7) is 2.85. The molecule has 4 N–H and O–H groups in total. The molecule has 8 nitrogen and oxygen atoms in total. The van der Waals surface area contributed by atoms with Gasteiger partial charge in [-0.15, -0.1) is 0 Å². The van der Waals surface area contributed by atoms with Gasteiger partial charge < -0.3 is 20.4 Å². The first kappa shape index (κ1) is 25.6. The second-order valence-electron chi connectivity index (χ2n) is 10.5. The highest BCUT2D eigenvalue weighted by Crippen LogP contribution is 2.58. The van der Waals surface area contributed by atoms with Crippen LogP contribution in [0.25, 0.3) is 5.76 Å². The molecule has 2 aromatic carbocycles. The molecule has 0 amide bonds. The van der Waals surface area contributed by atoms with E-state index in [-0.39, 0.29) is 35.5 Å². The zero-order valence-corrected chi connectivity index (χ0v) is 21.0. The first-order valence-electron chi connectivity index (χ1n) is 12.5. The van der Waals surface area contributed by atoms with Gasteiger partial charge in [-0.05, 0) is 36.0 Å². The number of ketones is 4. The van der Waals surface area contributed by atoms with E-state index in [0.717, 1.165) is 12.5 Å². The first-order valence-corrected chi connectivity index (χ1v) is 12.5. The van der Waals surface area contributed by atoms with Crippen molar-refractivity contribution in [2.24, 2.45) is 17.8 Å². The van der Waals surface area contributed by atoms with Crippen molar-refractivity contribution < 1.29 is 39.6 Å². The summed E-state index contributed by atoms with van der Waals surface area (Å²) < 4.78 is 0. The van der Waals surface area contributed by atoms with E-state index in [0.29, 0.717) is 5.56 Å². The molecule has 0 unspecified atom stereocenters. The molecule has 196 valence electrons. The van der Waals surface area contributed by atoms with Crippen molar-refractivity contribution in [3.05, 3.63) is 82.1 Å². The first-order chi connectivity index (χ1) is 18.0. The van der Waals surface area contributed by atoms with Gasteiger partial charge in [0.2, 0.25) is 5.78 Å². The van der Waals surface area contributed by atoms with Gasteiger partial charge in [0.05, 0.1) is 5.56 Å². The molecule has 3 aliphatic carbocycles. The molecule has 3 aliphatic rings. The number of Topliss-reactive ketones (excluding diaryl/α,β-unsaturated/α-hetero) is 4. The van der Waals surface area contributed by atoms with Gasteiger partial charge in [-0.2, -0.15) is 0 Å². The Morgan fingerprint density at radius 2 is 1.68 bits per heavy atom. The summed E-state index contributed by atoms with van der Waals surface area (Å²) in [5, 5.41) is 44.7. The summed E-state index contributed by atoms with van der Waals surface area (Å²) in [5.74, 6) is -7.94. The molecular weight excluding hydrogens is 488 g/mol. The zero-order valence-electron chi connectivity index (χ0n) is 21.0. The molecule has 2 aromatic rings. The van der Waals surface area contributed by atoms with Crippen molar-refractivity contribution >= 4 is 28.9 Å². The number of carbonyl (C=O) groups is 4. The second kappa shape index (κ2) is 9.06. The standard InChI is InChI=1S/C30H28O8/c1-14-18-9-6-10-21(33)25(18)27(35)26-23(14)19(12-17(32)11-16-7-4-3-5-8-16)20-13-22(34)24(15(2)31)28(36)30(20,38)29(26)37/h3-10,14,19-20,23,33,35-36,38H,11-13H2,1-2H3/t14-,19+,20+,23-,30+/m0/s1. The van der Waals surface area contributed by atoms with Crippen molar-refractivity contribution in [3.63, 3.8) is 0 Å². The van der Waals surface area contributed by atoms with Crippen LogP contribution in [0.1, 0.15) is 49.3 Å². The van der Waals surface area contributed by atoms with E-state index in [4.69, 9.17) is 0 Å². The average molecular weight is 517 g/mol. The van der Waals surface area contributed by atoms with E-state index < -0.39 is 70.1 Å². The van der Waals surface area contributed by atoms with Crippen LogP contribution in [0.15, 0.2) is 65.4 Å². The summed E-state index contributed by atoms with van der Waals surface area (Å²) in [5.41, 5.74) is -2.21. The van der Waals surface area contributed by atoms with E-state index >= 15 is 0 Å². The molecule has 5 atom stereocenters. The highest BCUT2D eigenvalue weighted by Gasteiger charge is 2.64. The maximum Gasteiger partial charge on any atom is 0.202 e. The minimum atomic E-state index is -2.69. The van der Waals surface area contributed by atoms with Gasteiger partial charge in [0, 0.05) is 36.7 Å². The molecule has 0 aromatic heterocycles. The summed E-state index contributed by atoms with van der Waals surface area (Å²) in [6, 6.07) is 13.7. The number of hydrogen-bond acceptors (Lipinski definition) is 8. The maximum absolute atomic E-state index is 13.9. The molecule has 0 bridgehead atoms. The number of aromatic hydroxyl groups is 1. The van der Waals surface area contributed by atoms with Crippen LogP contribution in [-0.4, -0.2) is 49.2 Å². The topological polar surface area (TPSA) is 149 Å². The van der Waals surface area contributed by atoms with Crippen LogP contribution in [0.2, 0.25) is 0 Å². The minimum Gasteiger partial charge on any atom is -0.508 e. The van der Waals surface area contributed by atoms with Gasteiger partial charge in [-0.1, -0.05) is 49.4 Å². The molecule has 0 heterocycles. The van der Waals surface area contributed by atoms with Crippen molar-refractivity contribution in [3.8, 4) is 5.75 Å². The van der Waals surface area contributed by atoms with Gasteiger partial charge in [0.15, 0.2) is 17.2 Å². The molecule has 5 rings (SSSR count). The third-order valence-corrected chi connectivity index (χ3v) is 8.38. The maximum atomic E-state index is 13.9. The van der Waals surface area contributed by atoms with Gasteiger partial charge in [-0.3, -0.25) is 19.2 Å². The van der Waals surface area contributed by atoms with Crippen LogP contribution >= 0.6 is 0 Å². The Balaban J connectivity index is 1.70. The average Bonchev–Trinajstić information content (AvgIpc) is 2.86. The number of rotatable bonds is 5. The molecule has 1 fully saturated rings. The molecular formula is C30H28O8. The number of fused-ring (bicyclic) bond motifs is 3. The molecule has 0 spiro atoms. The Labute approximate surface area is 218 Å². The predicted octanol–water partition coefficient (Wildman–Crippen LogP) is 3.52. The largest absolute Gasteiger partial charge is 0.508 e. The molecule has 8 heteroatoms. The monoisotopic (exact) mass is 516 g/mol. The predicted molar refractivity (Wildman–Crippen MR) is 136 cm³/mol. The lowest BCUT2D eigenvalue weighted by molar-refractivity contribution is -0.155. The summed E-state index contributed by atoms with van der Waals surface area (Å²) in [4.78, 5) is 52.5. The number of hydrogen-bond donors (Lipinski definition) is 4. The Hall–Kier alpha value is -4.04. The van der Waals surface area contributed by atoms with Gasteiger partial charge in [0.1, 0.15) is 28.6 Å². The van der Waals surface area contributed by atoms with Crippen LogP contribution in [0.5, 0.6) is 5.75 Å². The third kappa shape index (κ3) is 3.62. The lowest BCUT2D eigenvalue weighted by Gasteiger charge is -2.52. The number of aliphatic hydroxyl groups is 3. The fraction of sp³-hybridized carbons (Fsp3) is 0.333. The van der Waals surface area contributed by atoms with E-state index in [2.05, 4.69) is 0 Å². The van der Waals surface area contributed by atoms with Crippen LogP contribution in [0.3, 0.4) is 0 Å². The second-order valence-corrected chi connectivity index (χ2v) is 10.5. The van der Waals surface area contributed by atoms with Gasteiger partial charge in [0.25, 0.3) is 0 Å². The number of phenolic OH excluding ortho intramolecular Hbond substituents is 1. The van der Waals surface area contributed by atoms with E-state index in [1.807, 2.05) is 6.07 Å². The lowest BCUT2D eigenvalue weighted by atomic mass is 9.51. The highest BCUT2D eigenvalue weighted by atomic mass is 16.3. The van der Waals surface area contributed by atoms with Crippen LogP contribution in [0.4, 0.5) is 0 Å². The van der Waals surface area contributed by atoms with E-state index in [9.17, 15) is 39.6 Å². The normalized spacial score (nSPS) is 28.5. The Morgan fingerprint density at radius 1 is 1.00 bits per heavy atom. The van der Waals surface area contributed by atoms with E-state index in [1.165, 1.54) is 6.07 Å². The number of allylic oxidation sites excluding steroid dienone is 1. The van der Waals surface area contributed by atoms with Crippen LogP contribution < -0.4 is 0 Å². The Morgan fingerprint density at radius 3 is 2.34 bits per heavy atom. The van der Waals surface area contributed by atoms with Crippen molar-refractivity contribution in [1.29, 1.82) is 0 Å². The summed E-state index contributed by atoms with van der Waals surface area (Å²) in [6.07, 6.45) is -0.492. The Kier molecular flexibility index (Phi) is 6.10. The molecule has 0 aliphatic heterocycles. The van der Waals surface area contributed by atoms with Crippen molar-refractivity contribution in [2.45, 2.75) is 44.6 Å². The fourth-order valence-electron chi connectivity index (χ4n) is 6.71. The van der Waals surface area contributed by atoms with Crippen molar-refractivity contribution in [1.82, 2.24) is 0 Å². The number of phenols is 1. The zero-order chi connectivity index (χ0) is 27.5. The third-order valence-electron chi connectivity index (χ3n) is 8.38. The summed E-state index contributed by atoms with van der Waals surface area (Å²) >= 11 is 0. The van der Waals surface area contributed by atoms with Gasteiger partial charge in [-0.25, -0.2) is 0 Å². The molecule has 38 heavy (non-hydrogen) atoms. The van der Waals surface area contributed by atoms with Crippen LogP contribution in [-0.2, 0) is 25.6 Å². The Bertz CT molecular complexity index is 1450. The fourth-order valence-corrected chi connectivity index (χ4v) is 6.71. The smallest absolute Gasteiger partial charge is 0.202 e. The van der Waals surface area contributed by atoms with Crippen molar-refractivity contribution in [2.75, 3.05) is 0 Å². The number of carbonyl (C=O) groups excluding carboxylic acids is 4. The van der Waals surface area contributed by atoms with Gasteiger partial charge >= 0.3 is 0 Å². The SMILES string of the molecule is CC(=O)C1=C(O)[C@@]2(O)C(=O)C3=C(O)c4c(O)cccc4[C@H](C)[C@H]3[C@H](CC(=O)Cc3ccccc3)[C@H]2CC1=O. The quantitative estimate of drug-likeness (QED) is 0.441. The molecule has 0 saturated heterocycles. The highest BCUT2D eigenvalue weighted by molar-refractivity contribution is 6.23. The van der Waals surface area contributed by atoms with E-state index in [1.54, 1.807) is 43.3 Å². The summed E-state index contributed by atoms with van der Waals surface area (Å²) in [7, 11) is 0. The molecule has 1 saturated carbocycles. The number of aliphatic hydroxyl groups excluding tert-OH is 2. The lowest BCUT2D eigenvalue weighted by Crippen LogP contribution is -2.62. The number of benzene rings is 2. The molecule has 0 radical (unpaired) electrons. The van der Waals surface area contributed by atoms with Crippen LogP contribution in [0, 0.1) is 17.8 Å².